The van der Waals surface area contributed by atoms with Crippen molar-refractivity contribution >= 4 is 23.6 Å². The smallest absolute Gasteiger partial charge is 0.334 e. The Morgan fingerprint density at radius 1 is 1.37 bits per heavy atom. The van der Waals surface area contributed by atoms with E-state index in [1.165, 1.54) is 7.11 Å². The van der Waals surface area contributed by atoms with Crippen molar-refractivity contribution in [2.45, 2.75) is 12.6 Å². The number of carboxylic acid groups (broad SMARTS) is 1. The zero-order valence-electron chi connectivity index (χ0n) is 10.4. The maximum Gasteiger partial charge on any atom is 0.334 e. The van der Waals surface area contributed by atoms with Crippen LogP contribution in [0.15, 0.2) is 24.3 Å². The van der Waals surface area contributed by atoms with Crippen molar-refractivity contribution in [3.8, 4) is 0 Å². The summed E-state index contributed by atoms with van der Waals surface area (Å²) in [4.78, 5) is 22.1. The van der Waals surface area contributed by atoms with E-state index >= 15 is 0 Å². The average Bonchev–Trinajstić information content (AvgIpc) is 2.38. The van der Waals surface area contributed by atoms with Gasteiger partial charge in [-0.1, -0.05) is 29.8 Å². The van der Waals surface area contributed by atoms with Crippen LogP contribution in [0.2, 0.25) is 5.02 Å². The Morgan fingerprint density at radius 3 is 2.63 bits per heavy atom. The minimum absolute atomic E-state index is 0.111. The molecule has 19 heavy (non-hydrogen) atoms. The van der Waals surface area contributed by atoms with Crippen molar-refractivity contribution in [2.24, 2.45) is 0 Å². The van der Waals surface area contributed by atoms with Crippen molar-refractivity contribution in [3.05, 3.63) is 34.9 Å². The van der Waals surface area contributed by atoms with Gasteiger partial charge in [0.25, 0.3) is 0 Å². The highest BCUT2D eigenvalue weighted by atomic mass is 35.5. The fourth-order valence-corrected chi connectivity index (χ4v) is 1.54. The highest BCUT2D eigenvalue weighted by Gasteiger charge is 2.16. The molecule has 0 aliphatic heterocycles. The quantitative estimate of drug-likeness (QED) is 0.734. The molecule has 0 aliphatic rings. The molecule has 2 amide bonds. The number of hydrogen-bond donors (Lipinski definition) is 3. The molecular weight excluding hydrogens is 272 g/mol. The molecule has 1 unspecified atom stereocenters. The van der Waals surface area contributed by atoms with Gasteiger partial charge in [0.1, 0.15) is 0 Å². The molecule has 0 saturated heterocycles. The summed E-state index contributed by atoms with van der Waals surface area (Å²) in [7, 11) is 1.27. The van der Waals surface area contributed by atoms with Gasteiger partial charge in [0.05, 0.1) is 6.54 Å². The third kappa shape index (κ3) is 5.15. The second-order valence-corrected chi connectivity index (χ2v) is 4.12. The van der Waals surface area contributed by atoms with E-state index < -0.39 is 18.1 Å². The summed E-state index contributed by atoms with van der Waals surface area (Å²) in [5.41, 5.74) is 0.779. The molecule has 1 atom stereocenters. The van der Waals surface area contributed by atoms with E-state index in [1.807, 2.05) is 6.07 Å². The normalized spacial score (nSPS) is 11.7. The van der Waals surface area contributed by atoms with Gasteiger partial charge in [-0.15, -0.1) is 0 Å². The van der Waals surface area contributed by atoms with Crippen molar-refractivity contribution in [2.75, 3.05) is 13.7 Å². The fraction of sp³-hybridized carbons (Fsp3) is 0.333. The van der Waals surface area contributed by atoms with Gasteiger partial charge in [0, 0.05) is 18.7 Å². The molecule has 1 aromatic rings. The Bertz CT molecular complexity index is 453. The predicted molar refractivity (Wildman–Crippen MR) is 70.1 cm³/mol. The largest absolute Gasteiger partial charge is 0.479 e. The van der Waals surface area contributed by atoms with Crippen LogP contribution >= 0.6 is 11.6 Å². The molecule has 1 rings (SSSR count). The van der Waals surface area contributed by atoms with Crippen molar-refractivity contribution in [1.29, 1.82) is 0 Å². The van der Waals surface area contributed by atoms with Gasteiger partial charge in [-0.25, -0.2) is 9.59 Å². The number of hydrogen-bond acceptors (Lipinski definition) is 3. The molecule has 6 nitrogen and oxygen atoms in total. The van der Waals surface area contributed by atoms with Gasteiger partial charge in [-0.2, -0.15) is 0 Å². The standard InChI is InChI=1S/C12H15ClN2O4/c1-19-10(11(16)17)7-15-12(18)14-6-8-4-2-3-5-9(8)13/h2-5,10H,6-7H2,1H3,(H,16,17)(H2,14,15,18). The van der Waals surface area contributed by atoms with Crippen molar-refractivity contribution < 1.29 is 19.4 Å². The molecule has 7 heteroatoms. The SMILES string of the molecule is COC(CNC(=O)NCc1ccccc1Cl)C(=O)O. The molecule has 0 aliphatic carbocycles. The first-order valence-electron chi connectivity index (χ1n) is 5.55. The molecule has 0 spiro atoms. The van der Waals surface area contributed by atoms with Crippen LogP contribution < -0.4 is 10.6 Å². The van der Waals surface area contributed by atoms with E-state index in [2.05, 4.69) is 15.4 Å². The van der Waals surface area contributed by atoms with Gasteiger partial charge in [-0.3, -0.25) is 0 Å². The zero-order chi connectivity index (χ0) is 14.3. The Morgan fingerprint density at radius 2 is 2.05 bits per heavy atom. The monoisotopic (exact) mass is 286 g/mol. The number of carbonyl (C=O) groups excluding carboxylic acids is 1. The van der Waals surface area contributed by atoms with E-state index in [4.69, 9.17) is 16.7 Å². The van der Waals surface area contributed by atoms with Gasteiger partial charge in [0.15, 0.2) is 6.10 Å². The Balaban J connectivity index is 2.36. The number of methoxy groups -OCH3 is 1. The highest BCUT2D eigenvalue weighted by molar-refractivity contribution is 6.31. The lowest BCUT2D eigenvalue weighted by Crippen LogP contribution is -2.42. The van der Waals surface area contributed by atoms with Crippen LogP contribution in [0.25, 0.3) is 0 Å². The number of rotatable bonds is 6. The van der Waals surface area contributed by atoms with Crippen LogP contribution in [0.1, 0.15) is 5.56 Å². The lowest BCUT2D eigenvalue weighted by atomic mass is 10.2. The van der Waals surface area contributed by atoms with E-state index in [1.54, 1.807) is 18.2 Å². The summed E-state index contributed by atoms with van der Waals surface area (Å²) in [6, 6.07) is 6.64. The van der Waals surface area contributed by atoms with Crippen LogP contribution in [0.4, 0.5) is 4.79 Å². The average molecular weight is 287 g/mol. The van der Waals surface area contributed by atoms with E-state index in [0.29, 0.717) is 5.02 Å². The van der Waals surface area contributed by atoms with Crippen LogP contribution in [0, 0.1) is 0 Å². The van der Waals surface area contributed by atoms with Crippen LogP contribution in [-0.2, 0) is 16.1 Å². The molecule has 104 valence electrons. The number of benzene rings is 1. The lowest BCUT2D eigenvalue weighted by molar-refractivity contribution is -0.147. The second-order valence-electron chi connectivity index (χ2n) is 3.72. The summed E-state index contributed by atoms with van der Waals surface area (Å²) < 4.78 is 4.68. The number of amides is 2. The Kier molecular flexibility index (Phi) is 6.11. The first kappa shape index (κ1) is 15.3. The molecular formula is C12H15ClN2O4. The molecule has 3 N–H and O–H groups in total. The maximum absolute atomic E-state index is 11.5. The third-order valence-electron chi connectivity index (χ3n) is 2.41. The number of halogens is 1. The lowest BCUT2D eigenvalue weighted by Gasteiger charge is -2.12. The first-order chi connectivity index (χ1) is 9.04. The van der Waals surface area contributed by atoms with Gasteiger partial charge >= 0.3 is 12.0 Å². The molecule has 0 fully saturated rings. The number of aliphatic carboxylic acids is 1. The number of nitrogens with one attached hydrogen (secondary N) is 2. The van der Waals surface area contributed by atoms with Gasteiger partial charge in [-0.05, 0) is 11.6 Å². The molecule has 0 aromatic heterocycles. The van der Waals surface area contributed by atoms with E-state index in [-0.39, 0.29) is 13.1 Å². The number of carbonyl (C=O) groups is 2. The first-order valence-corrected chi connectivity index (χ1v) is 5.93. The minimum atomic E-state index is -1.13. The Hall–Kier alpha value is -1.79. The van der Waals surface area contributed by atoms with Gasteiger partial charge in [0.2, 0.25) is 0 Å². The predicted octanol–water partition coefficient (Wildman–Crippen LogP) is 1.24. The number of ether oxygens (including phenoxy) is 1. The summed E-state index contributed by atoms with van der Waals surface area (Å²) in [5.74, 6) is -1.13. The van der Waals surface area contributed by atoms with Crippen molar-refractivity contribution in [3.63, 3.8) is 0 Å². The van der Waals surface area contributed by atoms with E-state index in [0.717, 1.165) is 5.56 Å². The fourth-order valence-electron chi connectivity index (χ4n) is 1.34. The van der Waals surface area contributed by atoms with Gasteiger partial charge < -0.3 is 20.5 Å². The summed E-state index contributed by atoms with van der Waals surface area (Å²) >= 11 is 5.93. The number of carboxylic acids is 1. The number of urea groups is 1. The zero-order valence-corrected chi connectivity index (χ0v) is 11.1. The van der Waals surface area contributed by atoms with Crippen LogP contribution in [-0.4, -0.2) is 36.9 Å². The summed E-state index contributed by atoms with van der Waals surface area (Å²) in [5, 5.41) is 14.3. The highest BCUT2D eigenvalue weighted by Crippen LogP contribution is 2.13. The van der Waals surface area contributed by atoms with E-state index in [9.17, 15) is 9.59 Å². The third-order valence-corrected chi connectivity index (χ3v) is 2.77. The summed E-state index contributed by atoms with van der Waals surface area (Å²) in [6.45, 7) is 0.149. The maximum atomic E-state index is 11.5. The Labute approximate surface area is 115 Å². The molecule has 1 aromatic carbocycles. The minimum Gasteiger partial charge on any atom is -0.479 e. The van der Waals surface area contributed by atoms with Crippen LogP contribution in [0.3, 0.4) is 0 Å². The molecule has 0 bridgehead atoms. The summed E-state index contributed by atoms with van der Waals surface area (Å²) in [6.07, 6.45) is -1.06. The van der Waals surface area contributed by atoms with Crippen LogP contribution in [0.5, 0.6) is 0 Å². The molecule has 0 heterocycles. The molecule has 0 saturated carbocycles. The topological polar surface area (TPSA) is 87.7 Å². The second kappa shape index (κ2) is 7.60. The molecule has 0 radical (unpaired) electrons. The van der Waals surface area contributed by atoms with Crippen molar-refractivity contribution in [1.82, 2.24) is 10.6 Å².